The van der Waals surface area contributed by atoms with Crippen LogP contribution in [0.5, 0.6) is 17.2 Å². The third-order valence-electron chi connectivity index (χ3n) is 8.07. The molecule has 3 aliphatic rings. The molecule has 1 heterocycles. The maximum absolute atomic E-state index is 13.7. The first kappa shape index (κ1) is 27.5. The van der Waals surface area contributed by atoms with Crippen LogP contribution in [0.4, 0.5) is 0 Å². The quantitative estimate of drug-likeness (QED) is 0.201. The number of fused-ring (bicyclic) bond motifs is 3. The number of carbonyl (C=O) groups excluding carboxylic acids is 2. The Morgan fingerprint density at radius 2 is 1.85 bits per heavy atom. The first-order valence-corrected chi connectivity index (χ1v) is 12.5. The molecular weight excluding hydrogens is 514 g/mol. The third-order valence-corrected chi connectivity index (χ3v) is 8.07. The summed E-state index contributed by atoms with van der Waals surface area (Å²) in [7, 11) is 1.33. The van der Waals surface area contributed by atoms with Crippen LogP contribution in [-0.2, 0) is 15.9 Å². The minimum Gasteiger partial charge on any atom is -0.507 e. The molecule has 1 aliphatic heterocycles. The van der Waals surface area contributed by atoms with Gasteiger partial charge in [-0.3, -0.25) is 9.59 Å². The number of rotatable bonds is 5. The summed E-state index contributed by atoms with van der Waals surface area (Å²) in [6.45, 7) is 0.757. The lowest BCUT2D eigenvalue weighted by atomic mass is 9.71. The van der Waals surface area contributed by atoms with Crippen molar-refractivity contribution in [3.8, 4) is 17.2 Å². The number of aliphatic hydroxyl groups excluding tert-OH is 3. The number of methoxy groups -OCH3 is 1. The summed E-state index contributed by atoms with van der Waals surface area (Å²) in [5.41, 5.74) is 2.88. The zero-order chi connectivity index (χ0) is 28.4. The van der Waals surface area contributed by atoms with Gasteiger partial charge in [0.05, 0.1) is 73.1 Å². The molecular formula is C27H31NO11. The fourth-order valence-corrected chi connectivity index (χ4v) is 5.82. The Bertz CT molecular complexity index is 1340. The molecule has 0 spiro atoms. The fourth-order valence-electron chi connectivity index (χ4n) is 5.82. The number of hydrogen-bond acceptors (Lipinski definition) is 12. The molecule has 1 saturated heterocycles. The van der Waals surface area contributed by atoms with Crippen LogP contribution >= 0.6 is 0 Å². The molecule has 2 aromatic rings. The number of benzene rings is 2. The molecule has 0 radical (unpaired) electrons. The van der Waals surface area contributed by atoms with E-state index in [0.717, 1.165) is 0 Å². The Balaban J connectivity index is 1.69. The maximum atomic E-state index is 13.7. The second-order valence-electron chi connectivity index (χ2n) is 10.3. The molecule has 1 fully saturated rings. The zero-order valence-corrected chi connectivity index (χ0v) is 21.3. The van der Waals surface area contributed by atoms with Crippen LogP contribution in [0.25, 0.3) is 0 Å². The molecule has 2 aromatic carbocycles. The molecule has 12 nitrogen and oxygen atoms in total. The van der Waals surface area contributed by atoms with Gasteiger partial charge in [-0.25, -0.2) is 0 Å². The number of ketones is 2. The van der Waals surface area contributed by atoms with E-state index in [4.69, 9.17) is 19.9 Å². The van der Waals surface area contributed by atoms with Gasteiger partial charge in [0.1, 0.15) is 23.4 Å². The van der Waals surface area contributed by atoms with Crippen LogP contribution in [0.3, 0.4) is 0 Å². The second kappa shape index (κ2) is 9.82. The average molecular weight is 546 g/mol. The van der Waals surface area contributed by atoms with Crippen molar-refractivity contribution in [1.29, 1.82) is 0 Å². The van der Waals surface area contributed by atoms with Crippen molar-refractivity contribution >= 4 is 11.6 Å². The molecule has 7 atom stereocenters. The topological polar surface area (TPSA) is 209 Å². The van der Waals surface area contributed by atoms with Gasteiger partial charge in [-0.15, -0.1) is 0 Å². The fraction of sp³-hybridized carbons (Fsp3) is 0.481. The van der Waals surface area contributed by atoms with E-state index in [9.17, 15) is 40.2 Å². The highest BCUT2D eigenvalue weighted by atomic mass is 16.6. The third kappa shape index (κ3) is 4.11. The normalized spacial score (nSPS) is 30.8. The molecule has 0 amide bonds. The Hall–Kier alpha value is -3.10. The summed E-state index contributed by atoms with van der Waals surface area (Å²) >= 11 is 0. The Morgan fingerprint density at radius 3 is 2.51 bits per heavy atom. The molecule has 7 unspecified atom stereocenters. The lowest BCUT2D eigenvalue weighted by Crippen LogP contribution is -2.58. The Morgan fingerprint density at radius 1 is 1.15 bits per heavy atom. The van der Waals surface area contributed by atoms with Crippen LogP contribution < -0.4 is 10.5 Å². The summed E-state index contributed by atoms with van der Waals surface area (Å²) < 4.78 is 16.9. The smallest absolute Gasteiger partial charge is 0.202 e. The molecule has 2 aliphatic carbocycles. The van der Waals surface area contributed by atoms with Gasteiger partial charge >= 0.3 is 0 Å². The number of aliphatic hydroxyl groups is 4. The number of nitrogens with two attached hydrogens (primary N) is 1. The second-order valence-corrected chi connectivity index (χ2v) is 10.3. The van der Waals surface area contributed by atoms with Crippen LogP contribution in [0.15, 0.2) is 18.2 Å². The van der Waals surface area contributed by atoms with Crippen molar-refractivity contribution in [2.75, 3.05) is 20.3 Å². The van der Waals surface area contributed by atoms with Gasteiger partial charge in [0.15, 0.2) is 5.78 Å². The van der Waals surface area contributed by atoms with Gasteiger partial charge in [0, 0.05) is 29.5 Å². The maximum Gasteiger partial charge on any atom is 0.202 e. The SMILES string of the molecule is COc1cccc2c1C(=O)c1c(O)c3c(c(O)c1C2=O)CC(O)(C(O)CO)CC3OC1COC(C)C(O)C1N. The molecule has 0 bridgehead atoms. The number of carbonyl (C=O) groups is 2. The predicted octanol–water partition coefficient (Wildman–Crippen LogP) is -0.555. The number of aromatic hydroxyl groups is 2. The van der Waals surface area contributed by atoms with Crippen molar-refractivity contribution in [1.82, 2.24) is 0 Å². The van der Waals surface area contributed by atoms with E-state index in [1.807, 2.05) is 0 Å². The standard InChI is InChI=1S/C27H31NO11/c1-10-22(31)21(28)15(9-38-10)39-14-7-27(36,16(30)8-29)6-12-18(14)26(35)20-19(24(12)33)23(32)11-4-3-5-13(37-2)17(11)25(20)34/h3-5,10,14-16,21-22,29-31,33,35-36H,6-9,28H2,1-2H3. The first-order chi connectivity index (χ1) is 18.4. The number of hydrogen-bond donors (Lipinski definition) is 7. The minimum atomic E-state index is -2.06. The highest BCUT2D eigenvalue weighted by molar-refractivity contribution is 6.31. The van der Waals surface area contributed by atoms with E-state index in [2.05, 4.69) is 0 Å². The molecule has 0 aromatic heterocycles. The number of phenols is 2. The number of ether oxygens (including phenoxy) is 3. The molecule has 12 heteroatoms. The van der Waals surface area contributed by atoms with Crippen LogP contribution in [0, 0.1) is 0 Å². The van der Waals surface area contributed by atoms with Crippen molar-refractivity contribution in [2.45, 2.75) is 61.9 Å². The molecule has 8 N–H and O–H groups in total. The highest BCUT2D eigenvalue weighted by Crippen LogP contribution is 2.52. The lowest BCUT2D eigenvalue weighted by molar-refractivity contribution is -0.184. The molecule has 0 saturated carbocycles. The van der Waals surface area contributed by atoms with Crippen molar-refractivity contribution in [2.24, 2.45) is 5.73 Å². The van der Waals surface area contributed by atoms with Gasteiger partial charge in [-0.2, -0.15) is 0 Å². The van der Waals surface area contributed by atoms with Crippen LogP contribution in [0.2, 0.25) is 0 Å². The van der Waals surface area contributed by atoms with E-state index in [0.29, 0.717) is 0 Å². The summed E-state index contributed by atoms with van der Waals surface area (Å²) in [5.74, 6) is -2.71. The zero-order valence-electron chi connectivity index (χ0n) is 21.3. The van der Waals surface area contributed by atoms with Crippen molar-refractivity contribution in [3.63, 3.8) is 0 Å². The van der Waals surface area contributed by atoms with Gasteiger partial charge < -0.3 is 50.6 Å². The lowest BCUT2D eigenvalue weighted by Gasteiger charge is -2.44. The van der Waals surface area contributed by atoms with Gasteiger partial charge in [-0.1, -0.05) is 12.1 Å². The van der Waals surface area contributed by atoms with E-state index in [1.54, 1.807) is 6.92 Å². The van der Waals surface area contributed by atoms with E-state index in [-0.39, 0.29) is 41.0 Å². The Labute approximate surface area is 223 Å². The highest BCUT2D eigenvalue weighted by Gasteiger charge is 2.50. The molecule has 210 valence electrons. The summed E-state index contributed by atoms with van der Waals surface area (Å²) in [5, 5.41) is 64.7. The van der Waals surface area contributed by atoms with E-state index in [1.165, 1.54) is 25.3 Å². The largest absolute Gasteiger partial charge is 0.507 e. The van der Waals surface area contributed by atoms with Crippen LogP contribution in [0.1, 0.15) is 62.4 Å². The van der Waals surface area contributed by atoms with Gasteiger partial charge in [-0.05, 0) is 13.0 Å². The van der Waals surface area contributed by atoms with Crippen LogP contribution in [-0.4, -0.2) is 98.6 Å². The first-order valence-electron chi connectivity index (χ1n) is 12.5. The van der Waals surface area contributed by atoms with Crippen molar-refractivity contribution in [3.05, 3.63) is 51.6 Å². The van der Waals surface area contributed by atoms with Crippen molar-refractivity contribution < 1.29 is 54.4 Å². The molecule has 39 heavy (non-hydrogen) atoms. The number of phenolic OH excluding ortho intramolecular Hbond substituents is 2. The van der Waals surface area contributed by atoms with E-state index >= 15 is 0 Å². The minimum absolute atomic E-state index is 0.0378. The Kier molecular flexibility index (Phi) is 6.92. The summed E-state index contributed by atoms with van der Waals surface area (Å²) in [6, 6.07) is 3.46. The van der Waals surface area contributed by atoms with E-state index < -0.39 is 89.4 Å². The predicted molar refractivity (Wildman–Crippen MR) is 133 cm³/mol. The summed E-state index contributed by atoms with van der Waals surface area (Å²) in [4.78, 5) is 27.2. The molecule has 5 rings (SSSR count). The van der Waals surface area contributed by atoms with Gasteiger partial charge in [0.25, 0.3) is 0 Å². The monoisotopic (exact) mass is 545 g/mol. The summed E-state index contributed by atoms with van der Waals surface area (Å²) in [6.07, 6.45) is -6.45. The average Bonchev–Trinajstić information content (AvgIpc) is 2.92. The van der Waals surface area contributed by atoms with Gasteiger partial charge in [0.2, 0.25) is 5.78 Å².